The molecule has 0 spiro atoms. The highest BCUT2D eigenvalue weighted by Gasteiger charge is 2.37. The van der Waals surface area contributed by atoms with Gasteiger partial charge in [-0.25, -0.2) is 9.48 Å². The van der Waals surface area contributed by atoms with Gasteiger partial charge in [0.05, 0.1) is 6.54 Å². The number of hydrogen-bond donors (Lipinski definition) is 1. The summed E-state index contributed by atoms with van der Waals surface area (Å²) in [6.45, 7) is -0.167. The predicted molar refractivity (Wildman–Crippen MR) is 105 cm³/mol. The highest BCUT2D eigenvalue weighted by Crippen LogP contribution is 2.28. The fourth-order valence-electron chi connectivity index (χ4n) is 3.24. The Morgan fingerprint density at radius 1 is 1.03 bits per heavy atom. The Morgan fingerprint density at radius 3 is 2.03 bits per heavy atom. The average molecular weight is 418 g/mol. The number of nitrogens with zero attached hydrogens (tertiary/aromatic N) is 3. The van der Waals surface area contributed by atoms with Gasteiger partial charge in [0.25, 0.3) is 0 Å². The molecule has 1 amide bonds. The molecular weight excluding hydrogens is 397 g/mol. The molecule has 0 aliphatic heterocycles. The second kappa shape index (κ2) is 8.98. The van der Waals surface area contributed by atoms with Gasteiger partial charge in [0.15, 0.2) is 0 Å². The number of nitrogens with one attached hydrogen (secondary N) is 1. The molecule has 0 saturated carbocycles. The number of amides is 1. The number of alkyl halides is 3. The van der Waals surface area contributed by atoms with Crippen molar-refractivity contribution in [3.8, 4) is 0 Å². The smallest absolute Gasteiger partial charge is 0.354 e. The first kappa shape index (κ1) is 21.4. The maximum absolute atomic E-state index is 12.9. The van der Waals surface area contributed by atoms with E-state index in [1.807, 2.05) is 60.7 Å². The molecule has 2 aromatic carbocycles. The van der Waals surface area contributed by atoms with Crippen molar-refractivity contribution in [1.82, 2.24) is 19.7 Å². The topological polar surface area (TPSA) is 68.9 Å². The zero-order valence-electron chi connectivity index (χ0n) is 16.3. The van der Waals surface area contributed by atoms with Crippen LogP contribution in [0.4, 0.5) is 13.2 Å². The van der Waals surface area contributed by atoms with E-state index in [0.717, 1.165) is 18.2 Å². The molecule has 158 valence electrons. The van der Waals surface area contributed by atoms with Crippen LogP contribution >= 0.6 is 0 Å². The standard InChI is InChI=1S/C21H21F3N4O2/c1-27-19(21(22,23)24)26-28(20(27)30)13-12-25-18(29)14-17(15-8-4-2-5-9-15)16-10-6-3-7-11-16/h2-11,17H,12-14H2,1H3,(H,25,29). The third-order valence-electron chi connectivity index (χ3n) is 4.73. The number of benzene rings is 2. The van der Waals surface area contributed by atoms with E-state index in [1.54, 1.807) is 0 Å². The minimum absolute atomic E-state index is 0.0106. The number of hydrogen-bond acceptors (Lipinski definition) is 3. The summed E-state index contributed by atoms with van der Waals surface area (Å²) >= 11 is 0. The van der Waals surface area contributed by atoms with Gasteiger partial charge in [-0.2, -0.15) is 13.2 Å². The van der Waals surface area contributed by atoms with Crippen molar-refractivity contribution < 1.29 is 18.0 Å². The van der Waals surface area contributed by atoms with Crippen molar-refractivity contribution in [3.63, 3.8) is 0 Å². The van der Waals surface area contributed by atoms with Gasteiger partial charge in [0.2, 0.25) is 11.7 Å². The first-order chi connectivity index (χ1) is 14.3. The largest absolute Gasteiger partial charge is 0.451 e. The lowest BCUT2D eigenvalue weighted by Crippen LogP contribution is -2.32. The van der Waals surface area contributed by atoms with E-state index in [9.17, 15) is 22.8 Å². The van der Waals surface area contributed by atoms with Gasteiger partial charge in [-0.05, 0) is 11.1 Å². The number of halogens is 3. The number of carbonyl (C=O) groups is 1. The van der Waals surface area contributed by atoms with Crippen molar-refractivity contribution >= 4 is 5.91 Å². The first-order valence-electron chi connectivity index (χ1n) is 9.35. The summed E-state index contributed by atoms with van der Waals surface area (Å²) in [5.41, 5.74) is 1.08. The molecule has 6 nitrogen and oxygen atoms in total. The number of carbonyl (C=O) groups excluding carboxylic acids is 1. The molecule has 0 atom stereocenters. The molecule has 9 heteroatoms. The molecule has 30 heavy (non-hydrogen) atoms. The van der Waals surface area contributed by atoms with Crippen molar-refractivity contribution in [2.24, 2.45) is 7.05 Å². The van der Waals surface area contributed by atoms with Crippen LogP contribution in [0.3, 0.4) is 0 Å². The quantitative estimate of drug-likeness (QED) is 0.642. The Bertz CT molecular complexity index is 1000. The number of aromatic nitrogens is 3. The van der Waals surface area contributed by atoms with E-state index in [4.69, 9.17) is 0 Å². The summed E-state index contributed by atoms with van der Waals surface area (Å²) in [6, 6.07) is 19.1. The van der Waals surface area contributed by atoms with Crippen LogP contribution in [0.25, 0.3) is 0 Å². The van der Waals surface area contributed by atoms with Gasteiger partial charge in [-0.1, -0.05) is 60.7 Å². The second-order valence-electron chi connectivity index (χ2n) is 6.81. The molecule has 3 aromatic rings. The fraction of sp³-hybridized carbons (Fsp3) is 0.286. The van der Waals surface area contributed by atoms with Crippen LogP contribution in [0.2, 0.25) is 0 Å². The van der Waals surface area contributed by atoms with Crippen molar-refractivity contribution in [1.29, 1.82) is 0 Å². The van der Waals surface area contributed by atoms with E-state index in [0.29, 0.717) is 9.25 Å². The monoisotopic (exact) mass is 418 g/mol. The normalized spacial score (nSPS) is 11.6. The Labute approximate surface area is 171 Å². The maximum Gasteiger partial charge on any atom is 0.451 e. The Hall–Kier alpha value is -3.36. The Morgan fingerprint density at radius 2 is 1.57 bits per heavy atom. The van der Waals surface area contributed by atoms with E-state index < -0.39 is 17.7 Å². The van der Waals surface area contributed by atoms with E-state index in [-0.39, 0.29) is 31.3 Å². The molecule has 1 aromatic heterocycles. The molecule has 3 rings (SSSR count). The summed E-state index contributed by atoms with van der Waals surface area (Å²) < 4.78 is 39.7. The summed E-state index contributed by atoms with van der Waals surface area (Å²) in [5.74, 6) is -1.71. The SMILES string of the molecule is Cn1c(C(F)(F)F)nn(CCNC(=O)CC(c2ccccc2)c2ccccc2)c1=O. The molecule has 0 fully saturated rings. The van der Waals surface area contributed by atoms with Gasteiger partial charge >= 0.3 is 11.9 Å². The molecule has 0 bridgehead atoms. The Balaban J connectivity index is 1.65. The van der Waals surface area contributed by atoms with Gasteiger partial charge in [0.1, 0.15) is 0 Å². The van der Waals surface area contributed by atoms with Crippen LogP contribution in [-0.4, -0.2) is 26.8 Å². The zero-order chi connectivity index (χ0) is 21.7. The number of rotatable bonds is 7. The highest BCUT2D eigenvalue weighted by atomic mass is 19.4. The summed E-state index contributed by atoms with van der Waals surface area (Å²) in [7, 11) is 1.01. The maximum atomic E-state index is 12.9. The second-order valence-corrected chi connectivity index (χ2v) is 6.81. The molecule has 0 saturated heterocycles. The molecule has 0 unspecified atom stereocenters. The fourth-order valence-corrected chi connectivity index (χ4v) is 3.24. The zero-order valence-corrected chi connectivity index (χ0v) is 16.3. The van der Waals surface area contributed by atoms with Crippen LogP contribution < -0.4 is 11.0 Å². The van der Waals surface area contributed by atoms with Gasteiger partial charge in [0, 0.05) is 25.9 Å². The first-order valence-corrected chi connectivity index (χ1v) is 9.35. The summed E-state index contributed by atoms with van der Waals surface area (Å²) in [4.78, 5) is 24.4. The molecule has 0 radical (unpaired) electrons. The van der Waals surface area contributed by atoms with Crippen LogP contribution in [0.15, 0.2) is 65.5 Å². The van der Waals surface area contributed by atoms with Crippen molar-refractivity contribution in [2.45, 2.75) is 25.1 Å². The van der Waals surface area contributed by atoms with E-state index in [1.165, 1.54) is 0 Å². The van der Waals surface area contributed by atoms with E-state index in [2.05, 4.69) is 10.4 Å². The lowest BCUT2D eigenvalue weighted by molar-refractivity contribution is -0.147. The highest BCUT2D eigenvalue weighted by molar-refractivity contribution is 5.77. The summed E-state index contributed by atoms with van der Waals surface area (Å²) in [6.07, 6.45) is -4.56. The van der Waals surface area contributed by atoms with Crippen molar-refractivity contribution in [2.75, 3.05) is 6.54 Å². The lowest BCUT2D eigenvalue weighted by atomic mass is 9.88. The molecular formula is C21H21F3N4O2. The lowest BCUT2D eigenvalue weighted by Gasteiger charge is -2.18. The van der Waals surface area contributed by atoms with Gasteiger partial charge in [-0.3, -0.25) is 9.36 Å². The Kier molecular flexibility index (Phi) is 6.39. The van der Waals surface area contributed by atoms with E-state index >= 15 is 0 Å². The average Bonchev–Trinajstić information content (AvgIpc) is 3.02. The molecule has 0 aliphatic carbocycles. The third-order valence-corrected chi connectivity index (χ3v) is 4.73. The molecule has 1 N–H and O–H groups in total. The van der Waals surface area contributed by atoms with Crippen LogP contribution in [-0.2, 0) is 24.6 Å². The van der Waals surface area contributed by atoms with Gasteiger partial charge < -0.3 is 5.32 Å². The third kappa shape index (κ3) is 4.97. The van der Waals surface area contributed by atoms with Crippen molar-refractivity contribution in [3.05, 3.63) is 88.1 Å². The minimum atomic E-state index is -4.72. The summed E-state index contributed by atoms with van der Waals surface area (Å²) in [5, 5.41) is 5.99. The van der Waals surface area contributed by atoms with Crippen LogP contribution in [0.1, 0.15) is 29.3 Å². The predicted octanol–water partition coefficient (Wildman–Crippen LogP) is 2.94. The molecule has 1 heterocycles. The molecule has 0 aliphatic rings. The minimum Gasteiger partial charge on any atom is -0.354 e. The van der Waals surface area contributed by atoms with Gasteiger partial charge in [-0.15, -0.1) is 5.10 Å². The van der Waals surface area contributed by atoms with Crippen LogP contribution in [0.5, 0.6) is 0 Å². The van der Waals surface area contributed by atoms with Crippen LogP contribution in [0, 0.1) is 0 Å².